The average Bonchev–Trinajstić information content (AvgIpc) is 2.96. The number of halogens is 1. The fraction of sp³-hybridized carbons (Fsp3) is 0.200. The zero-order valence-corrected chi connectivity index (χ0v) is 16.9. The van der Waals surface area contributed by atoms with Crippen LogP contribution in [0.2, 0.25) is 5.02 Å². The Labute approximate surface area is 172 Å². The summed E-state index contributed by atoms with van der Waals surface area (Å²) in [6.45, 7) is 3.87. The summed E-state index contributed by atoms with van der Waals surface area (Å²) in [4.78, 5) is 17.1. The Morgan fingerprint density at radius 1 is 1.41 bits per heavy atom. The predicted octanol–water partition coefficient (Wildman–Crippen LogP) is 3.29. The lowest BCUT2D eigenvalue weighted by molar-refractivity contribution is 0.184. The zero-order chi connectivity index (χ0) is 21.0. The second kappa shape index (κ2) is 8.73. The Kier molecular flexibility index (Phi) is 6.12. The lowest BCUT2D eigenvalue weighted by Crippen LogP contribution is -2.17. The van der Waals surface area contributed by atoms with Gasteiger partial charge < -0.3 is 4.74 Å². The summed E-state index contributed by atoms with van der Waals surface area (Å²) in [5.41, 5.74) is 5.90. The van der Waals surface area contributed by atoms with Gasteiger partial charge in [0.05, 0.1) is 24.1 Å². The van der Waals surface area contributed by atoms with Gasteiger partial charge in [-0.25, -0.2) is 9.67 Å². The number of hydrogen-bond donors (Lipinski definition) is 2. The highest BCUT2D eigenvalue weighted by molar-refractivity contribution is 6.30. The second-order valence-electron chi connectivity index (χ2n) is 6.33. The van der Waals surface area contributed by atoms with Crippen molar-refractivity contribution >= 4 is 23.6 Å². The van der Waals surface area contributed by atoms with Gasteiger partial charge in [0.15, 0.2) is 5.82 Å². The first-order valence-electron chi connectivity index (χ1n) is 8.70. The van der Waals surface area contributed by atoms with E-state index in [0.717, 1.165) is 5.69 Å². The van der Waals surface area contributed by atoms with E-state index in [0.29, 0.717) is 38.9 Å². The Morgan fingerprint density at radius 2 is 2.21 bits per heavy atom. The molecule has 2 heterocycles. The summed E-state index contributed by atoms with van der Waals surface area (Å²) in [7, 11) is 1.56. The third-order valence-electron chi connectivity index (χ3n) is 4.19. The molecule has 0 spiro atoms. The summed E-state index contributed by atoms with van der Waals surface area (Å²) in [5, 5.41) is 17.1. The number of aromatic nitrogens is 3. The molecule has 29 heavy (non-hydrogen) atoms. The van der Waals surface area contributed by atoms with Gasteiger partial charge in [0.1, 0.15) is 11.6 Å². The molecule has 9 heteroatoms. The molecule has 0 aliphatic carbocycles. The van der Waals surface area contributed by atoms with E-state index in [-0.39, 0.29) is 12.2 Å². The number of hydrazone groups is 1. The number of benzene rings is 1. The first kappa shape index (κ1) is 20.3. The molecule has 0 saturated carbocycles. The normalized spacial score (nSPS) is 11.0. The van der Waals surface area contributed by atoms with Crippen molar-refractivity contribution in [2.24, 2.45) is 5.10 Å². The summed E-state index contributed by atoms with van der Waals surface area (Å²) in [6, 6.07) is 10.9. The Bertz CT molecular complexity index is 1170. The summed E-state index contributed by atoms with van der Waals surface area (Å²) in [6.07, 6.45) is 1.40. The molecule has 0 unspecified atom stereocenters. The second-order valence-corrected chi connectivity index (χ2v) is 6.77. The zero-order valence-electron chi connectivity index (χ0n) is 16.2. The van der Waals surface area contributed by atoms with Gasteiger partial charge in [-0.1, -0.05) is 17.7 Å². The molecule has 0 fully saturated rings. The van der Waals surface area contributed by atoms with E-state index in [1.807, 2.05) is 6.92 Å². The maximum atomic E-state index is 12.7. The van der Waals surface area contributed by atoms with Crippen LogP contribution in [0.15, 0.2) is 40.2 Å². The number of nitrogens with one attached hydrogen (secondary N) is 2. The van der Waals surface area contributed by atoms with Gasteiger partial charge >= 0.3 is 0 Å². The van der Waals surface area contributed by atoms with E-state index >= 15 is 0 Å². The maximum absolute atomic E-state index is 12.7. The number of nitrogens with zero attached hydrogens (tertiary/aromatic N) is 4. The highest BCUT2D eigenvalue weighted by Gasteiger charge is 2.13. The molecule has 148 valence electrons. The third-order valence-corrected chi connectivity index (χ3v) is 4.42. The molecule has 2 N–H and O–H groups in total. The van der Waals surface area contributed by atoms with Gasteiger partial charge in [-0.3, -0.25) is 15.3 Å². The molecule has 0 atom stereocenters. The van der Waals surface area contributed by atoms with Gasteiger partial charge in [0.2, 0.25) is 0 Å². The van der Waals surface area contributed by atoms with Crippen LogP contribution < -0.4 is 11.0 Å². The lowest BCUT2D eigenvalue weighted by Gasteiger charge is -2.09. The minimum atomic E-state index is -0.270. The molecule has 3 rings (SSSR count). The molecular weight excluding hydrogens is 392 g/mol. The third kappa shape index (κ3) is 4.37. The minimum Gasteiger partial charge on any atom is -0.380 e. The molecule has 1 aromatic carbocycles. The van der Waals surface area contributed by atoms with Crippen LogP contribution in [-0.4, -0.2) is 28.1 Å². The van der Waals surface area contributed by atoms with Crippen molar-refractivity contribution in [3.8, 4) is 11.8 Å². The van der Waals surface area contributed by atoms with Gasteiger partial charge in [0.25, 0.3) is 5.56 Å². The van der Waals surface area contributed by atoms with Crippen LogP contribution in [0.4, 0.5) is 5.82 Å². The number of aryl methyl sites for hydroxylation is 2. The average molecular weight is 411 g/mol. The van der Waals surface area contributed by atoms with Gasteiger partial charge in [0, 0.05) is 29.1 Å². The molecule has 8 nitrogen and oxygen atoms in total. The van der Waals surface area contributed by atoms with Gasteiger partial charge in [-0.15, -0.1) is 0 Å². The van der Waals surface area contributed by atoms with Crippen LogP contribution in [0.1, 0.15) is 28.1 Å². The number of H-pyrrole nitrogens is 1. The molecular formula is C20H19ClN6O2. The molecule has 0 bridgehead atoms. The SMILES string of the molecule is COCc1cc(C)nc(N/N=C/c2c(C)[nH]n(-c3cccc(Cl)c3)c2=O)c1C#N. The summed E-state index contributed by atoms with van der Waals surface area (Å²) in [5.74, 6) is 0.305. The van der Waals surface area contributed by atoms with Crippen molar-refractivity contribution < 1.29 is 4.74 Å². The Balaban J connectivity index is 1.91. The minimum absolute atomic E-state index is 0.270. The highest BCUT2D eigenvalue weighted by atomic mass is 35.5. The molecule has 0 saturated heterocycles. The smallest absolute Gasteiger partial charge is 0.280 e. The molecule has 0 aliphatic heterocycles. The summed E-state index contributed by atoms with van der Waals surface area (Å²) < 4.78 is 6.53. The van der Waals surface area contributed by atoms with E-state index in [9.17, 15) is 10.1 Å². The van der Waals surface area contributed by atoms with Crippen LogP contribution in [0.3, 0.4) is 0 Å². The first-order valence-corrected chi connectivity index (χ1v) is 9.08. The highest BCUT2D eigenvalue weighted by Crippen LogP contribution is 2.19. The van der Waals surface area contributed by atoms with Crippen LogP contribution >= 0.6 is 11.6 Å². The number of hydrogen-bond acceptors (Lipinski definition) is 6. The number of rotatable bonds is 6. The van der Waals surface area contributed by atoms with E-state index in [1.54, 1.807) is 44.4 Å². The molecule has 3 aromatic rings. The molecule has 0 amide bonds. The Hall–Kier alpha value is -3.41. The van der Waals surface area contributed by atoms with Crippen LogP contribution in [0, 0.1) is 25.2 Å². The quantitative estimate of drug-likeness (QED) is 0.478. The van der Waals surface area contributed by atoms with Crippen LogP contribution in [0.25, 0.3) is 5.69 Å². The summed E-state index contributed by atoms with van der Waals surface area (Å²) >= 11 is 6.01. The van der Waals surface area contributed by atoms with Crippen molar-refractivity contribution in [1.82, 2.24) is 14.8 Å². The topological polar surface area (TPSA) is 108 Å². The van der Waals surface area contributed by atoms with Crippen molar-refractivity contribution in [3.05, 3.63) is 73.8 Å². The fourth-order valence-electron chi connectivity index (χ4n) is 2.88. The van der Waals surface area contributed by atoms with Crippen molar-refractivity contribution in [2.45, 2.75) is 20.5 Å². The van der Waals surface area contributed by atoms with Crippen molar-refractivity contribution in [1.29, 1.82) is 5.26 Å². The number of methoxy groups -OCH3 is 1. The lowest BCUT2D eigenvalue weighted by atomic mass is 10.1. The van der Waals surface area contributed by atoms with E-state index in [2.05, 4.69) is 26.7 Å². The fourth-order valence-corrected chi connectivity index (χ4v) is 3.07. The van der Waals surface area contributed by atoms with Crippen LogP contribution in [0.5, 0.6) is 0 Å². The molecule has 2 aromatic heterocycles. The van der Waals surface area contributed by atoms with E-state index in [4.69, 9.17) is 16.3 Å². The Morgan fingerprint density at radius 3 is 2.90 bits per heavy atom. The number of nitriles is 1. The molecule has 0 radical (unpaired) electrons. The predicted molar refractivity (Wildman–Crippen MR) is 112 cm³/mol. The van der Waals surface area contributed by atoms with Crippen molar-refractivity contribution in [3.63, 3.8) is 0 Å². The number of anilines is 1. The maximum Gasteiger partial charge on any atom is 0.280 e. The molecule has 0 aliphatic rings. The van der Waals surface area contributed by atoms with Crippen LogP contribution in [-0.2, 0) is 11.3 Å². The largest absolute Gasteiger partial charge is 0.380 e. The van der Waals surface area contributed by atoms with Gasteiger partial charge in [-0.05, 0) is 38.1 Å². The monoisotopic (exact) mass is 410 g/mol. The standard InChI is InChI=1S/C20H19ClN6O2/c1-12-7-14(11-29-3)17(9-22)19(24-12)25-23-10-18-13(2)26-27(20(18)28)16-6-4-5-15(21)8-16/h4-8,10,26H,11H2,1-3H3,(H,24,25)/b23-10+. The van der Waals surface area contributed by atoms with Gasteiger partial charge in [-0.2, -0.15) is 10.4 Å². The van der Waals surface area contributed by atoms with E-state index < -0.39 is 0 Å². The first-order chi connectivity index (χ1) is 13.9. The van der Waals surface area contributed by atoms with E-state index in [1.165, 1.54) is 10.9 Å². The number of ether oxygens (including phenoxy) is 1. The number of aromatic amines is 1. The number of pyridine rings is 1. The van der Waals surface area contributed by atoms with Crippen molar-refractivity contribution in [2.75, 3.05) is 12.5 Å².